The van der Waals surface area contributed by atoms with Gasteiger partial charge in [0, 0.05) is 26.2 Å². The Morgan fingerprint density at radius 3 is 2.90 bits per heavy atom. The number of carbonyl (C=O) groups is 1. The highest BCUT2D eigenvalue weighted by Crippen LogP contribution is 2.40. The summed E-state index contributed by atoms with van der Waals surface area (Å²) in [5, 5.41) is 17.8. The van der Waals surface area contributed by atoms with Gasteiger partial charge in [-0.05, 0) is 19.8 Å². The van der Waals surface area contributed by atoms with Crippen molar-refractivity contribution in [2.45, 2.75) is 31.0 Å². The van der Waals surface area contributed by atoms with Gasteiger partial charge < -0.3 is 14.7 Å². The minimum absolute atomic E-state index is 0.00745. The first-order valence-electron chi connectivity index (χ1n) is 6.71. The molecule has 0 radical (unpaired) electrons. The number of rotatable bonds is 9. The van der Waals surface area contributed by atoms with Crippen LogP contribution in [0, 0.1) is 0 Å². The molecule has 1 aromatic heterocycles. The molecule has 1 aromatic rings. The average molecular weight is 300 g/mol. The van der Waals surface area contributed by atoms with E-state index < -0.39 is 5.97 Å². The number of hydrogen-bond donors (Lipinski definition) is 1. The van der Waals surface area contributed by atoms with Gasteiger partial charge in [-0.3, -0.25) is 9.36 Å². The molecule has 0 unspecified atom stereocenters. The molecule has 1 saturated carbocycles. The fraction of sp³-hybridized carbons (Fsp3) is 0.750. The first kappa shape index (κ1) is 15.1. The van der Waals surface area contributed by atoms with Crippen molar-refractivity contribution >= 4 is 23.7 Å². The lowest BCUT2D eigenvalue weighted by Crippen LogP contribution is -2.25. The lowest BCUT2D eigenvalue weighted by molar-refractivity contribution is -0.133. The second kappa shape index (κ2) is 6.94. The summed E-state index contributed by atoms with van der Waals surface area (Å²) in [6.07, 6.45) is 2.20. The fourth-order valence-electron chi connectivity index (χ4n) is 1.85. The van der Waals surface area contributed by atoms with Gasteiger partial charge in [0.25, 0.3) is 0 Å². The van der Waals surface area contributed by atoms with Crippen LogP contribution in [0.2, 0.25) is 0 Å². The minimum atomic E-state index is -0.841. The standard InChI is InChI=1S/C12H20N4O3S/c1-3-19-7-6-15(2)11-13-14-12(20-8-10(17)18)16(11)9-4-5-9/h9H,3-8H2,1-2H3,(H,17,18). The van der Waals surface area contributed by atoms with Gasteiger partial charge >= 0.3 is 5.97 Å². The van der Waals surface area contributed by atoms with Crippen molar-refractivity contribution in [1.29, 1.82) is 0 Å². The third kappa shape index (κ3) is 3.86. The maximum Gasteiger partial charge on any atom is 0.313 e. The van der Waals surface area contributed by atoms with Crippen LogP contribution in [0.15, 0.2) is 5.16 Å². The van der Waals surface area contributed by atoms with E-state index in [2.05, 4.69) is 14.8 Å². The Balaban J connectivity index is 2.06. The molecule has 8 heteroatoms. The molecule has 1 aliphatic carbocycles. The quantitative estimate of drug-likeness (QED) is 0.543. The lowest BCUT2D eigenvalue weighted by atomic mass is 10.5. The molecule has 0 aliphatic heterocycles. The maximum atomic E-state index is 10.7. The summed E-state index contributed by atoms with van der Waals surface area (Å²) in [5.41, 5.74) is 0. The van der Waals surface area contributed by atoms with Crippen LogP contribution < -0.4 is 4.90 Å². The highest BCUT2D eigenvalue weighted by atomic mass is 32.2. The van der Waals surface area contributed by atoms with E-state index in [0.29, 0.717) is 24.4 Å². The molecule has 20 heavy (non-hydrogen) atoms. The number of aliphatic carboxylic acids is 1. The zero-order valence-corrected chi connectivity index (χ0v) is 12.6. The second-order valence-corrected chi connectivity index (χ2v) is 5.63. The van der Waals surface area contributed by atoms with E-state index in [4.69, 9.17) is 9.84 Å². The van der Waals surface area contributed by atoms with E-state index in [0.717, 1.165) is 25.3 Å². The van der Waals surface area contributed by atoms with E-state index in [9.17, 15) is 4.79 Å². The molecular formula is C12H20N4O3S. The largest absolute Gasteiger partial charge is 0.481 e. The molecule has 2 rings (SSSR count). The number of anilines is 1. The second-order valence-electron chi connectivity index (χ2n) is 4.68. The van der Waals surface area contributed by atoms with Crippen LogP contribution in [-0.4, -0.2) is 58.4 Å². The summed E-state index contributed by atoms with van der Waals surface area (Å²) < 4.78 is 7.40. The van der Waals surface area contributed by atoms with E-state index >= 15 is 0 Å². The molecule has 0 atom stereocenters. The molecule has 0 bridgehead atoms. The van der Waals surface area contributed by atoms with E-state index in [1.807, 2.05) is 18.9 Å². The fourth-order valence-corrected chi connectivity index (χ4v) is 2.57. The summed E-state index contributed by atoms with van der Waals surface area (Å²) >= 11 is 1.22. The average Bonchev–Trinajstić information content (AvgIpc) is 3.16. The molecule has 0 saturated heterocycles. The summed E-state index contributed by atoms with van der Waals surface area (Å²) in [6, 6.07) is 0.408. The van der Waals surface area contributed by atoms with Crippen LogP contribution in [0.3, 0.4) is 0 Å². The van der Waals surface area contributed by atoms with Crippen molar-refractivity contribution in [2.24, 2.45) is 0 Å². The predicted molar refractivity (Wildman–Crippen MR) is 76.4 cm³/mol. The van der Waals surface area contributed by atoms with Crippen molar-refractivity contribution in [3.05, 3.63) is 0 Å². The number of carboxylic acids is 1. The molecule has 1 heterocycles. The predicted octanol–water partition coefficient (Wildman–Crippen LogP) is 1.26. The Labute approximate surface area is 122 Å². The normalized spacial score (nSPS) is 14.5. The van der Waals surface area contributed by atoms with Crippen molar-refractivity contribution < 1.29 is 14.6 Å². The van der Waals surface area contributed by atoms with Crippen LogP contribution in [-0.2, 0) is 9.53 Å². The molecule has 1 fully saturated rings. The zero-order valence-electron chi connectivity index (χ0n) is 11.8. The Morgan fingerprint density at radius 2 is 2.30 bits per heavy atom. The van der Waals surface area contributed by atoms with Crippen molar-refractivity contribution in [1.82, 2.24) is 14.8 Å². The first-order valence-corrected chi connectivity index (χ1v) is 7.70. The number of thioether (sulfide) groups is 1. The number of carboxylic acid groups (broad SMARTS) is 1. The summed E-state index contributed by atoms with van der Waals surface area (Å²) in [4.78, 5) is 12.7. The Morgan fingerprint density at radius 1 is 1.55 bits per heavy atom. The monoisotopic (exact) mass is 300 g/mol. The van der Waals surface area contributed by atoms with Gasteiger partial charge in [0.15, 0.2) is 5.16 Å². The van der Waals surface area contributed by atoms with Gasteiger partial charge in [0.1, 0.15) is 0 Å². The summed E-state index contributed by atoms with van der Waals surface area (Å²) in [6.45, 7) is 4.04. The summed E-state index contributed by atoms with van der Waals surface area (Å²) in [5.74, 6) is -0.0419. The van der Waals surface area contributed by atoms with Crippen molar-refractivity contribution in [3.8, 4) is 0 Å². The van der Waals surface area contributed by atoms with E-state index in [1.54, 1.807) is 0 Å². The zero-order chi connectivity index (χ0) is 14.5. The molecule has 112 valence electrons. The highest BCUT2D eigenvalue weighted by Gasteiger charge is 2.31. The third-order valence-electron chi connectivity index (χ3n) is 3.00. The molecule has 1 aliphatic rings. The minimum Gasteiger partial charge on any atom is -0.481 e. The SMILES string of the molecule is CCOCCN(C)c1nnc(SCC(=O)O)n1C1CC1. The number of nitrogens with zero attached hydrogens (tertiary/aromatic N) is 4. The first-order chi connectivity index (χ1) is 9.63. The lowest BCUT2D eigenvalue weighted by Gasteiger charge is -2.19. The highest BCUT2D eigenvalue weighted by molar-refractivity contribution is 7.99. The number of hydrogen-bond acceptors (Lipinski definition) is 6. The van der Waals surface area contributed by atoms with E-state index in [-0.39, 0.29) is 5.75 Å². The topological polar surface area (TPSA) is 80.5 Å². The van der Waals surface area contributed by atoms with Gasteiger partial charge in [-0.15, -0.1) is 10.2 Å². The van der Waals surface area contributed by atoms with Crippen LogP contribution in [0.5, 0.6) is 0 Å². The van der Waals surface area contributed by atoms with Crippen LogP contribution in [0.4, 0.5) is 5.95 Å². The summed E-state index contributed by atoms with van der Waals surface area (Å²) in [7, 11) is 1.95. The molecule has 1 N–H and O–H groups in total. The number of ether oxygens (including phenoxy) is 1. The molecule has 0 amide bonds. The Hall–Kier alpha value is -1.28. The van der Waals surface area contributed by atoms with Crippen LogP contribution >= 0.6 is 11.8 Å². The molecular weight excluding hydrogens is 280 g/mol. The Bertz CT molecular complexity index is 462. The van der Waals surface area contributed by atoms with Gasteiger partial charge in [0.05, 0.1) is 12.4 Å². The molecule has 0 spiro atoms. The number of aromatic nitrogens is 3. The van der Waals surface area contributed by atoms with Crippen LogP contribution in [0.1, 0.15) is 25.8 Å². The van der Waals surface area contributed by atoms with Gasteiger partial charge in [0.2, 0.25) is 5.95 Å². The van der Waals surface area contributed by atoms with Gasteiger partial charge in [-0.2, -0.15) is 0 Å². The Kier molecular flexibility index (Phi) is 5.24. The van der Waals surface area contributed by atoms with E-state index in [1.165, 1.54) is 11.8 Å². The smallest absolute Gasteiger partial charge is 0.313 e. The molecule has 7 nitrogen and oxygen atoms in total. The number of likely N-dealkylation sites (N-methyl/N-ethyl adjacent to an activating group) is 1. The third-order valence-corrected chi connectivity index (χ3v) is 3.93. The van der Waals surface area contributed by atoms with Crippen LogP contribution in [0.25, 0.3) is 0 Å². The maximum absolute atomic E-state index is 10.7. The van der Waals surface area contributed by atoms with Gasteiger partial charge in [-0.1, -0.05) is 11.8 Å². The molecule has 0 aromatic carbocycles. The van der Waals surface area contributed by atoms with Gasteiger partial charge in [-0.25, -0.2) is 0 Å². The van der Waals surface area contributed by atoms with Crippen molar-refractivity contribution in [2.75, 3.05) is 37.5 Å². The van der Waals surface area contributed by atoms with Crippen molar-refractivity contribution in [3.63, 3.8) is 0 Å².